The third-order valence-corrected chi connectivity index (χ3v) is 4.84. The van der Waals surface area contributed by atoms with Gasteiger partial charge in [-0.05, 0) is 49.9 Å². The molecule has 1 spiro atoms. The molecule has 2 heterocycles. The van der Waals surface area contributed by atoms with Crippen LogP contribution >= 0.6 is 0 Å². The van der Waals surface area contributed by atoms with Gasteiger partial charge in [-0.15, -0.1) is 0 Å². The molecule has 2 saturated heterocycles. The number of hydrogen-bond acceptors (Lipinski definition) is 3. The Labute approximate surface area is 126 Å². The molecule has 4 nitrogen and oxygen atoms in total. The van der Waals surface area contributed by atoms with Crippen LogP contribution in [0.1, 0.15) is 37.7 Å². The molecule has 0 aliphatic carbocycles. The number of nitrogens with one attached hydrogen (secondary N) is 1. The fraction of sp³-hybridized carbons (Fsp3) is 0.588. The van der Waals surface area contributed by atoms with Crippen molar-refractivity contribution in [3.63, 3.8) is 0 Å². The first-order chi connectivity index (χ1) is 10.2. The Balaban J connectivity index is 1.58. The van der Waals surface area contributed by atoms with Gasteiger partial charge in [0.2, 0.25) is 5.91 Å². The highest BCUT2D eigenvalue weighted by Gasteiger charge is 2.38. The van der Waals surface area contributed by atoms with Crippen molar-refractivity contribution in [2.45, 2.75) is 44.2 Å². The minimum Gasteiger partial charge on any atom is -0.497 e. The molecule has 4 heteroatoms. The van der Waals surface area contributed by atoms with Gasteiger partial charge in [-0.2, -0.15) is 0 Å². The number of amides is 1. The third kappa shape index (κ3) is 3.38. The number of ether oxygens (including phenoxy) is 1. The molecule has 0 unspecified atom stereocenters. The van der Waals surface area contributed by atoms with E-state index in [4.69, 9.17) is 4.74 Å². The molecule has 21 heavy (non-hydrogen) atoms. The molecule has 1 N–H and O–H groups in total. The number of likely N-dealkylation sites (tertiary alicyclic amines) is 1. The first-order valence-electron chi connectivity index (χ1n) is 7.85. The van der Waals surface area contributed by atoms with E-state index in [2.05, 4.69) is 22.3 Å². The molecule has 1 atom stereocenters. The Bertz CT molecular complexity index is 500. The Morgan fingerprint density at radius 3 is 2.67 bits per heavy atom. The number of carbonyl (C=O) groups is 1. The maximum absolute atomic E-state index is 11.5. The van der Waals surface area contributed by atoms with Gasteiger partial charge in [0.05, 0.1) is 7.11 Å². The summed E-state index contributed by atoms with van der Waals surface area (Å²) in [6.07, 6.45) is 5.09. The van der Waals surface area contributed by atoms with E-state index in [1.165, 1.54) is 5.56 Å². The SMILES string of the molecule is COc1ccc(CN2CCC[C@@]3(CCC(=O)N3)CC2)cc1. The summed E-state index contributed by atoms with van der Waals surface area (Å²) >= 11 is 0. The van der Waals surface area contributed by atoms with E-state index in [9.17, 15) is 4.79 Å². The smallest absolute Gasteiger partial charge is 0.220 e. The van der Waals surface area contributed by atoms with Crippen molar-refractivity contribution in [2.75, 3.05) is 20.2 Å². The molecule has 0 bridgehead atoms. The average Bonchev–Trinajstić information content (AvgIpc) is 2.75. The molecular weight excluding hydrogens is 264 g/mol. The molecule has 1 aromatic rings. The average molecular weight is 288 g/mol. The molecule has 114 valence electrons. The number of nitrogens with zero attached hydrogens (tertiary/aromatic N) is 1. The number of carbonyl (C=O) groups excluding carboxylic acids is 1. The van der Waals surface area contributed by atoms with Crippen LogP contribution in [0.25, 0.3) is 0 Å². The maximum atomic E-state index is 11.5. The van der Waals surface area contributed by atoms with Gasteiger partial charge < -0.3 is 10.1 Å². The van der Waals surface area contributed by atoms with Gasteiger partial charge in [-0.1, -0.05) is 12.1 Å². The fourth-order valence-electron chi connectivity index (χ4n) is 3.55. The molecular formula is C17H24N2O2. The van der Waals surface area contributed by atoms with Crippen LogP contribution in [-0.4, -0.2) is 36.5 Å². The van der Waals surface area contributed by atoms with Crippen molar-refractivity contribution in [2.24, 2.45) is 0 Å². The van der Waals surface area contributed by atoms with Crippen LogP contribution in [0.3, 0.4) is 0 Å². The molecule has 1 aromatic carbocycles. The minimum atomic E-state index is 0.0890. The van der Waals surface area contributed by atoms with Crippen molar-refractivity contribution in [1.29, 1.82) is 0 Å². The molecule has 2 aliphatic rings. The van der Waals surface area contributed by atoms with Crippen molar-refractivity contribution < 1.29 is 9.53 Å². The minimum absolute atomic E-state index is 0.0890. The van der Waals surface area contributed by atoms with E-state index in [1.54, 1.807) is 7.11 Å². The molecule has 0 aromatic heterocycles. The summed E-state index contributed by atoms with van der Waals surface area (Å²) in [5.74, 6) is 1.14. The van der Waals surface area contributed by atoms with E-state index in [1.807, 2.05) is 12.1 Å². The second-order valence-corrected chi connectivity index (χ2v) is 6.31. The van der Waals surface area contributed by atoms with Crippen LogP contribution in [0.15, 0.2) is 24.3 Å². The van der Waals surface area contributed by atoms with Crippen molar-refractivity contribution >= 4 is 5.91 Å². The lowest BCUT2D eigenvalue weighted by Crippen LogP contribution is -2.42. The third-order valence-electron chi connectivity index (χ3n) is 4.84. The number of benzene rings is 1. The van der Waals surface area contributed by atoms with Gasteiger partial charge in [0.25, 0.3) is 0 Å². The van der Waals surface area contributed by atoms with Crippen LogP contribution in [0.2, 0.25) is 0 Å². The summed E-state index contributed by atoms with van der Waals surface area (Å²) in [6.45, 7) is 3.16. The number of rotatable bonds is 3. The predicted octanol–water partition coefficient (Wildman–Crippen LogP) is 2.33. The molecule has 2 fully saturated rings. The Morgan fingerprint density at radius 1 is 1.19 bits per heavy atom. The monoisotopic (exact) mass is 288 g/mol. The van der Waals surface area contributed by atoms with Gasteiger partial charge in [-0.25, -0.2) is 0 Å². The Morgan fingerprint density at radius 2 is 2.00 bits per heavy atom. The molecule has 2 aliphatic heterocycles. The summed E-state index contributed by atoms with van der Waals surface area (Å²) in [4.78, 5) is 14.0. The first-order valence-corrected chi connectivity index (χ1v) is 7.85. The molecule has 3 rings (SSSR count). The predicted molar refractivity (Wildman–Crippen MR) is 82.2 cm³/mol. The van der Waals surface area contributed by atoms with Crippen LogP contribution in [0.5, 0.6) is 5.75 Å². The zero-order valence-corrected chi connectivity index (χ0v) is 12.7. The van der Waals surface area contributed by atoms with E-state index in [0.717, 1.165) is 51.1 Å². The van der Waals surface area contributed by atoms with Gasteiger partial charge in [0, 0.05) is 25.0 Å². The highest BCUT2D eigenvalue weighted by Crippen LogP contribution is 2.31. The number of hydrogen-bond donors (Lipinski definition) is 1. The highest BCUT2D eigenvalue weighted by molar-refractivity contribution is 5.79. The normalized spacial score (nSPS) is 26.6. The van der Waals surface area contributed by atoms with E-state index in [0.29, 0.717) is 6.42 Å². The van der Waals surface area contributed by atoms with Crippen LogP contribution in [0.4, 0.5) is 0 Å². The summed E-state index contributed by atoms with van der Waals surface area (Å²) < 4.78 is 5.20. The maximum Gasteiger partial charge on any atom is 0.220 e. The quantitative estimate of drug-likeness (QED) is 0.928. The van der Waals surface area contributed by atoms with Crippen molar-refractivity contribution in [3.05, 3.63) is 29.8 Å². The summed E-state index contributed by atoms with van der Waals surface area (Å²) in [7, 11) is 1.69. The fourth-order valence-corrected chi connectivity index (χ4v) is 3.55. The van der Waals surface area contributed by atoms with Gasteiger partial charge in [0.1, 0.15) is 5.75 Å². The number of methoxy groups -OCH3 is 1. The standard InChI is InChI=1S/C17H24N2O2/c1-21-15-5-3-14(4-6-15)13-19-11-2-8-17(10-12-19)9-7-16(20)18-17/h3-6H,2,7-13H2,1H3,(H,18,20)/t17-/m1/s1. The lowest BCUT2D eigenvalue weighted by Gasteiger charge is -2.27. The lowest BCUT2D eigenvalue weighted by molar-refractivity contribution is -0.119. The molecule has 0 radical (unpaired) electrons. The second kappa shape index (κ2) is 6.06. The summed E-state index contributed by atoms with van der Waals surface area (Å²) in [6, 6.07) is 8.31. The lowest BCUT2D eigenvalue weighted by atomic mass is 9.89. The van der Waals surface area contributed by atoms with E-state index < -0.39 is 0 Å². The van der Waals surface area contributed by atoms with Gasteiger partial charge in [0.15, 0.2) is 0 Å². The summed E-state index contributed by atoms with van der Waals surface area (Å²) in [5, 5.41) is 3.23. The van der Waals surface area contributed by atoms with E-state index in [-0.39, 0.29) is 11.4 Å². The zero-order chi connectivity index (χ0) is 14.7. The van der Waals surface area contributed by atoms with Crippen LogP contribution in [0, 0.1) is 0 Å². The molecule has 0 saturated carbocycles. The van der Waals surface area contributed by atoms with Crippen molar-refractivity contribution in [1.82, 2.24) is 10.2 Å². The summed E-state index contributed by atoms with van der Waals surface area (Å²) in [5.41, 5.74) is 1.41. The van der Waals surface area contributed by atoms with E-state index >= 15 is 0 Å². The first kappa shape index (κ1) is 14.4. The second-order valence-electron chi connectivity index (χ2n) is 6.31. The Kier molecular flexibility index (Phi) is 4.15. The van der Waals surface area contributed by atoms with Crippen LogP contribution in [-0.2, 0) is 11.3 Å². The topological polar surface area (TPSA) is 41.6 Å². The van der Waals surface area contributed by atoms with Crippen LogP contribution < -0.4 is 10.1 Å². The van der Waals surface area contributed by atoms with Crippen molar-refractivity contribution in [3.8, 4) is 5.75 Å². The van der Waals surface area contributed by atoms with Gasteiger partial charge in [-0.3, -0.25) is 9.69 Å². The largest absolute Gasteiger partial charge is 0.497 e. The van der Waals surface area contributed by atoms with Gasteiger partial charge >= 0.3 is 0 Å². The zero-order valence-electron chi connectivity index (χ0n) is 12.7. The Hall–Kier alpha value is -1.55. The highest BCUT2D eigenvalue weighted by atomic mass is 16.5. The molecule has 1 amide bonds.